The zero-order valence-electron chi connectivity index (χ0n) is 24.5. The van der Waals surface area contributed by atoms with Gasteiger partial charge in [0.2, 0.25) is 0 Å². The van der Waals surface area contributed by atoms with Crippen LogP contribution in [0.5, 0.6) is 0 Å². The molecule has 9 rings (SSSR count). The van der Waals surface area contributed by atoms with Crippen LogP contribution in [-0.4, -0.2) is 29.9 Å². The fraction of sp³-hybridized carbons (Fsp3) is 0. The molecule has 6 heteroatoms. The van der Waals surface area contributed by atoms with Crippen molar-refractivity contribution in [2.45, 2.75) is 0 Å². The molecule has 0 spiro atoms. The van der Waals surface area contributed by atoms with E-state index in [2.05, 4.69) is 88.8 Å². The second kappa shape index (κ2) is 10.6. The van der Waals surface area contributed by atoms with Crippen LogP contribution in [-0.2, 0) is 0 Å². The number of fused-ring (bicyclic) bond motifs is 5. The molecule has 0 aliphatic heterocycles. The minimum absolute atomic E-state index is 0.797. The Morgan fingerprint density at radius 3 is 1.87 bits per heavy atom. The summed E-state index contributed by atoms with van der Waals surface area (Å²) in [6.07, 6.45) is 5.40. The number of hydrogen-bond acceptors (Lipinski definition) is 6. The van der Waals surface area contributed by atoms with E-state index >= 15 is 0 Å². The Bertz CT molecular complexity index is 2530. The third kappa shape index (κ3) is 4.43. The third-order valence-electron chi connectivity index (χ3n) is 8.38. The van der Waals surface area contributed by atoms with E-state index in [1.54, 1.807) is 12.4 Å². The van der Waals surface area contributed by atoms with Gasteiger partial charge in [0.05, 0.1) is 50.5 Å². The van der Waals surface area contributed by atoms with Gasteiger partial charge in [0.25, 0.3) is 0 Å². The summed E-state index contributed by atoms with van der Waals surface area (Å²) in [5, 5.41) is 4.21. The molecule has 0 fully saturated rings. The predicted molar refractivity (Wildman–Crippen MR) is 185 cm³/mol. The number of hydrogen-bond donors (Lipinski definition) is 0. The molecule has 0 aliphatic carbocycles. The first-order chi connectivity index (χ1) is 22.8. The summed E-state index contributed by atoms with van der Waals surface area (Å²) in [4.78, 5) is 29.0. The van der Waals surface area contributed by atoms with Gasteiger partial charge in [-0.25, -0.2) is 15.0 Å². The molecule has 0 radical (unpaired) electrons. The molecular formula is C40H24N6. The molecule has 9 aromatic rings. The fourth-order valence-electron chi connectivity index (χ4n) is 6.20. The molecule has 0 aliphatic rings. The summed E-state index contributed by atoms with van der Waals surface area (Å²) in [5.41, 5.74) is 10.9. The Morgan fingerprint density at radius 1 is 0.348 bits per heavy atom. The van der Waals surface area contributed by atoms with Crippen LogP contribution in [0.2, 0.25) is 0 Å². The van der Waals surface area contributed by atoms with Crippen molar-refractivity contribution in [3.8, 4) is 45.2 Å². The van der Waals surface area contributed by atoms with Gasteiger partial charge in [0, 0.05) is 45.7 Å². The van der Waals surface area contributed by atoms with Gasteiger partial charge in [-0.1, -0.05) is 60.7 Å². The van der Waals surface area contributed by atoms with E-state index in [4.69, 9.17) is 19.9 Å². The van der Waals surface area contributed by atoms with Gasteiger partial charge in [0.15, 0.2) is 0 Å². The molecular weight excluding hydrogens is 564 g/mol. The molecule has 46 heavy (non-hydrogen) atoms. The molecule has 6 nitrogen and oxygen atoms in total. The fourth-order valence-corrected chi connectivity index (χ4v) is 6.20. The Balaban J connectivity index is 1.20. The standard InChI is InChI=1S/C40H24N6/c1-2-10-32-29(9-1)38(30-16-13-25-8-7-21-43-39(25)40(30)46-32)35-18-15-27-22-26(14-17-31(27)44-35)28-23-36(33-11-3-5-19-41-33)45-37(24-28)34-12-4-6-20-42-34/h1-24H. The van der Waals surface area contributed by atoms with E-state index in [1.165, 1.54) is 0 Å². The number of pyridine rings is 6. The van der Waals surface area contributed by atoms with Crippen molar-refractivity contribution < 1.29 is 0 Å². The van der Waals surface area contributed by atoms with Crippen LogP contribution in [0.15, 0.2) is 146 Å². The first-order valence-corrected chi connectivity index (χ1v) is 15.1. The average molecular weight is 589 g/mol. The highest BCUT2D eigenvalue weighted by Crippen LogP contribution is 2.37. The van der Waals surface area contributed by atoms with Crippen LogP contribution in [0, 0.1) is 0 Å². The molecule has 6 heterocycles. The van der Waals surface area contributed by atoms with Gasteiger partial charge in [-0.3, -0.25) is 15.0 Å². The van der Waals surface area contributed by atoms with E-state index in [1.807, 2.05) is 54.7 Å². The molecule has 0 saturated carbocycles. The molecule has 214 valence electrons. The molecule has 6 aromatic heterocycles. The van der Waals surface area contributed by atoms with Crippen molar-refractivity contribution in [1.29, 1.82) is 0 Å². The quantitative estimate of drug-likeness (QED) is 0.151. The highest BCUT2D eigenvalue weighted by atomic mass is 14.8. The summed E-state index contributed by atoms with van der Waals surface area (Å²) in [5.74, 6) is 0. The van der Waals surface area contributed by atoms with E-state index in [9.17, 15) is 0 Å². The van der Waals surface area contributed by atoms with Gasteiger partial charge in [0.1, 0.15) is 0 Å². The van der Waals surface area contributed by atoms with Crippen LogP contribution >= 0.6 is 0 Å². The number of benzene rings is 3. The molecule has 0 bridgehead atoms. The van der Waals surface area contributed by atoms with Crippen LogP contribution in [0.1, 0.15) is 0 Å². The van der Waals surface area contributed by atoms with Crippen LogP contribution < -0.4 is 0 Å². The first kappa shape index (κ1) is 26.0. The highest BCUT2D eigenvalue weighted by Gasteiger charge is 2.16. The summed E-state index contributed by atoms with van der Waals surface area (Å²) in [6, 6.07) is 43.1. The summed E-state index contributed by atoms with van der Waals surface area (Å²) in [6.45, 7) is 0. The first-order valence-electron chi connectivity index (χ1n) is 15.1. The summed E-state index contributed by atoms with van der Waals surface area (Å²) >= 11 is 0. The van der Waals surface area contributed by atoms with Gasteiger partial charge < -0.3 is 0 Å². The molecule has 0 unspecified atom stereocenters. The van der Waals surface area contributed by atoms with Crippen LogP contribution in [0.3, 0.4) is 0 Å². The second-order valence-corrected chi connectivity index (χ2v) is 11.2. The molecule has 3 aromatic carbocycles. The van der Waals surface area contributed by atoms with Crippen molar-refractivity contribution in [1.82, 2.24) is 29.9 Å². The van der Waals surface area contributed by atoms with E-state index in [0.29, 0.717) is 0 Å². The van der Waals surface area contributed by atoms with Crippen molar-refractivity contribution in [2.24, 2.45) is 0 Å². The Labute approximate surface area is 264 Å². The van der Waals surface area contributed by atoms with Crippen molar-refractivity contribution in [3.05, 3.63) is 146 Å². The lowest BCUT2D eigenvalue weighted by atomic mass is 9.97. The van der Waals surface area contributed by atoms with E-state index in [-0.39, 0.29) is 0 Å². The van der Waals surface area contributed by atoms with Gasteiger partial charge in [-0.15, -0.1) is 0 Å². The maximum absolute atomic E-state index is 5.21. The highest BCUT2D eigenvalue weighted by molar-refractivity contribution is 6.15. The van der Waals surface area contributed by atoms with Gasteiger partial charge in [-0.2, -0.15) is 0 Å². The molecule has 0 atom stereocenters. The Hall–Kier alpha value is -6.40. The minimum Gasteiger partial charge on any atom is -0.255 e. The lowest BCUT2D eigenvalue weighted by Gasteiger charge is -2.13. The smallest absolute Gasteiger partial charge is 0.0979 e. The largest absolute Gasteiger partial charge is 0.255 e. The average Bonchev–Trinajstić information content (AvgIpc) is 3.14. The zero-order chi connectivity index (χ0) is 30.5. The monoisotopic (exact) mass is 588 g/mol. The summed E-state index contributed by atoms with van der Waals surface area (Å²) < 4.78 is 0. The van der Waals surface area contributed by atoms with E-state index < -0.39 is 0 Å². The molecule has 0 saturated heterocycles. The number of nitrogens with zero attached hydrogens (tertiary/aromatic N) is 6. The molecule has 0 amide bonds. The SMILES string of the molecule is c1ccc(-c2cc(-c3ccc4nc(-c5c6ccccc6nc6c5ccc5cccnc56)ccc4c3)cc(-c3ccccn3)n2)nc1. The van der Waals surface area contributed by atoms with Gasteiger partial charge >= 0.3 is 0 Å². The van der Waals surface area contributed by atoms with Crippen molar-refractivity contribution in [3.63, 3.8) is 0 Å². The lowest BCUT2D eigenvalue weighted by Crippen LogP contribution is -1.94. The van der Waals surface area contributed by atoms with Crippen molar-refractivity contribution in [2.75, 3.05) is 0 Å². The minimum atomic E-state index is 0.797. The predicted octanol–water partition coefficient (Wildman–Crippen LogP) is 9.34. The maximum Gasteiger partial charge on any atom is 0.0979 e. The second-order valence-electron chi connectivity index (χ2n) is 11.2. The third-order valence-corrected chi connectivity index (χ3v) is 8.38. The van der Waals surface area contributed by atoms with Gasteiger partial charge in [-0.05, 0) is 77.9 Å². The topological polar surface area (TPSA) is 77.3 Å². The van der Waals surface area contributed by atoms with Crippen molar-refractivity contribution >= 4 is 43.6 Å². The number of aromatic nitrogens is 6. The van der Waals surface area contributed by atoms with Crippen LogP contribution in [0.4, 0.5) is 0 Å². The van der Waals surface area contributed by atoms with Crippen LogP contribution in [0.25, 0.3) is 88.8 Å². The Morgan fingerprint density at radius 2 is 1.09 bits per heavy atom. The normalized spacial score (nSPS) is 11.5. The summed E-state index contributed by atoms with van der Waals surface area (Å²) in [7, 11) is 0. The molecule has 0 N–H and O–H groups in total. The van der Waals surface area contributed by atoms with E-state index in [0.717, 1.165) is 88.8 Å². The number of rotatable bonds is 4. The lowest BCUT2D eigenvalue weighted by molar-refractivity contribution is 1.22. The zero-order valence-corrected chi connectivity index (χ0v) is 24.5. The Kier molecular flexibility index (Phi) is 6.03. The number of para-hydroxylation sites is 1. The maximum atomic E-state index is 5.21.